The zero-order chi connectivity index (χ0) is 24.8. The lowest BCUT2D eigenvalue weighted by molar-refractivity contribution is -0.150. The van der Waals surface area contributed by atoms with E-state index >= 15 is 0 Å². The van der Waals surface area contributed by atoms with Crippen LogP contribution >= 0.6 is 0 Å². The normalized spacial score (nSPS) is 17.1. The lowest BCUT2D eigenvalue weighted by Gasteiger charge is -2.34. The number of hydrogen-bond acceptors (Lipinski definition) is 4. The van der Waals surface area contributed by atoms with Crippen molar-refractivity contribution in [2.45, 2.75) is 63.3 Å². The molecule has 186 valence electrons. The summed E-state index contributed by atoms with van der Waals surface area (Å²) < 4.78 is 5.54. The summed E-state index contributed by atoms with van der Waals surface area (Å²) in [5, 5.41) is 15.2. The van der Waals surface area contributed by atoms with Gasteiger partial charge in [0.05, 0.1) is 0 Å². The molecule has 2 aromatic rings. The quantitative estimate of drug-likeness (QED) is 0.447. The topological polar surface area (TPSA) is 105 Å². The summed E-state index contributed by atoms with van der Waals surface area (Å²) in [6, 6.07) is 16.4. The third-order valence-electron chi connectivity index (χ3n) is 7.35. The Morgan fingerprint density at radius 3 is 2.20 bits per heavy atom. The van der Waals surface area contributed by atoms with Crippen LogP contribution in [0.25, 0.3) is 11.1 Å². The van der Waals surface area contributed by atoms with Gasteiger partial charge in [0.15, 0.2) is 0 Å². The van der Waals surface area contributed by atoms with Gasteiger partial charge in [0.2, 0.25) is 5.91 Å². The van der Waals surface area contributed by atoms with Crippen molar-refractivity contribution in [3.05, 3.63) is 59.7 Å². The lowest BCUT2D eigenvalue weighted by atomic mass is 9.81. The van der Waals surface area contributed by atoms with Gasteiger partial charge in [-0.05, 0) is 47.9 Å². The summed E-state index contributed by atoms with van der Waals surface area (Å²) >= 11 is 0. The number of ether oxygens (including phenoxy) is 1. The van der Waals surface area contributed by atoms with Crippen LogP contribution in [0.4, 0.5) is 4.79 Å². The third-order valence-corrected chi connectivity index (χ3v) is 7.35. The molecule has 7 nitrogen and oxygen atoms in total. The third kappa shape index (κ3) is 5.50. The molecule has 4 rings (SSSR count). The van der Waals surface area contributed by atoms with Gasteiger partial charge in [-0.1, -0.05) is 74.7 Å². The summed E-state index contributed by atoms with van der Waals surface area (Å²) in [5.41, 5.74) is 3.56. The van der Waals surface area contributed by atoms with E-state index in [9.17, 15) is 19.5 Å². The van der Waals surface area contributed by atoms with Crippen molar-refractivity contribution >= 4 is 18.0 Å². The Morgan fingerprint density at radius 2 is 1.60 bits per heavy atom. The Hall–Kier alpha value is -3.35. The molecular weight excluding hydrogens is 444 g/mol. The average Bonchev–Trinajstić information content (AvgIpc) is 3.19. The van der Waals surface area contributed by atoms with Crippen molar-refractivity contribution in [1.29, 1.82) is 0 Å². The molecule has 0 spiro atoms. The maximum Gasteiger partial charge on any atom is 0.407 e. The van der Waals surface area contributed by atoms with E-state index in [1.54, 1.807) is 6.92 Å². The van der Waals surface area contributed by atoms with Crippen LogP contribution in [-0.4, -0.2) is 41.8 Å². The fourth-order valence-corrected chi connectivity index (χ4v) is 5.29. The van der Waals surface area contributed by atoms with E-state index in [1.807, 2.05) is 24.3 Å². The molecule has 1 atom stereocenters. The minimum absolute atomic E-state index is 0.0122. The molecule has 0 heterocycles. The van der Waals surface area contributed by atoms with Gasteiger partial charge in [-0.15, -0.1) is 0 Å². The summed E-state index contributed by atoms with van der Waals surface area (Å²) in [6.07, 6.45) is 4.24. The number of alkyl carbamates (subject to hydrolysis) is 1. The monoisotopic (exact) mass is 478 g/mol. The lowest BCUT2D eigenvalue weighted by Crippen LogP contribution is -2.56. The highest BCUT2D eigenvalue weighted by molar-refractivity contribution is 5.88. The number of aliphatic carboxylic acids is 1. The molecule has 2 aromatic carbocycles. The highest BCUT2D eigenvalue weighted by Crippen LogP contribution is 2.44. The molecule has 3 N–H and O–H groups in total. The summed E-state index contributed by atoms with van der Waals surface area (Å²) in [6.45, 7) is 2.44. The molecule has 2 aliphatic carbocycles. The highest BCUT2D eigenvalue weighted by Gasteiger charge is 2.41. The van der Waals surface area contributed by atoms with Crippen LogP contribution in [0.5, 0.6) is 0 Å². The Morgan fingerprint density at radius 1 is 1.00 bits per heavy atom. The number of rotatable bonds is 9. The number of benzene rings is 2. The Bertz CT molecular complexity index is 1030. The van der Waals surface area contributed by atoms with Crippen LogP contribution in [0.3, 0.4) is 0 Å². The van der Waals surface area contributed by atoms with E-state index in [4.69, 9.17) is 4.74 Å². The summed E-state index contributed by atoms with van der Waals surface area (Å²) in [4.78, 5) is 36.7. The standard InChI is InChI=1S/C28H34N2O5/c1-19(25(31)30-28(26(32)33)15-7-2-8-16-28)10-9-17-29-27(34)35-18-24-22-13-5-3-11-20(22)21-12-4-6-14-23(21)24/h3-6,11-14,19,24H,2,7-10,15-18H2,1H3,(H,29,34)(H,30,31)(H,32,33). The van der Waals surface area contributed by atoms with E-state index in [0.29, 0.717) is 32.2 Å². The number of nitrogens with one attached hydrogen (secondary N) is 2. The largest absolute Gasteiger partial charge is 0.480 e. The first kappa shape index (κ1) is 24.8. The van der Waals surface area contributed by atoms with Crippen molar-refractivity contribution < 1.29 is 24.2 Å². The molecule has 1 unspecified atom stereocenters. The second-order valence-electron chi connectivity index (χ2n) is 9.73. The molecule has 2 aliphatic rings. The maximum absolute atomic E-state index is 12.6. The highest BCUT2D eigenvalue weighted by atomic mass is 16.5. The van der Waals surface area contributed by atoms with E-state index in [-0.39, 0.29) is 24.3 Å². The number of hydrogen-bond donors (Lipinski definition) is 3. The van der Waals surface area contributed by atoms with Crippen LogP contribution in [0.15, 0.2) is 48.5 Å². The number of amides is 2. The molecule has 0 radical (unpaired) electrons. The van der Waals surface area contributed by atoms with Gasteiger partial charge in [0.1, 0.15) is 12.1 Å². The van der Waals surface area contributed by atoms with E-state index in [1.165, 1.54) is 22.3 Å². The van der Waals surface area contributed by atoms with Crippen LogP contribution in [0.1, 0.15) is 68.9 Å². The van der Waals surface area contributed by atoms with Crippen LogP contribution in [0, 0.1) is 5.92 Å². The summed E-state index contributed by atoms with van der Waals surface area (Å²) in [5.74, 6) is -1.51. The molecule has 0 bridgehead atoms. The zero-order valence-corrected chi connectivity index (χ0v) is 20.2. The van der Waals surface area contributed by atoms with Gasteiger partial charge < -0.3 is 20.5 Å². The smallest absolute Gasteiger partial charge is 0.407 e. The molecule has 35 heavy (non-hydrogen) atoms. The Kier molecular flexibility index (Phi) is 7.73. The first-order chi connectivity index (χ1) is 16.9. The SMILES string of the molecule is CC(CCCNC(=O)OCC1c2ccccc2-c2ccccc21)C(=O)NC1(C(=O)O)CCCCC1. The van der Waals surface area contributed by atoms with Crippen LogP contribution in [0.2, 0.25) is 0 Å². The number of carboxylic acids is 1. The summed E-state index contributed by atoms with van der Waals surface area (Å²) in [7, 11) is 0. The van der Waals surface area contributed by atoms with Gasteiger partial charge in [0, 0.05) is 18.4 Å². The van der Waals surface area contributed by atoms with Gasteiger partial charge >= 0.3 is 12.1 Å². The average molecular weight is 479 g/mol. The second-order valence-corrected chi connectivity index (χ2v) is 9.73. The molecule has 0 saturated heterocycles. The van der Waals surface area contributed by atoms with E-state index in [0.717, 1.165) is 19.3 Å². The van der Waals surface area contributed by atoms with Gasteiger partial charge in [-0.25, -0.2) is 9.59 Å². The minimum atomic E-state index is -1.14. The molecule has 1 fully saturated rings. The van der Waals surface area contributed by atoms with E-state index < -0.39 is 17.6 Å². The molecule has 7 heteroatoms. The van der Waals surface area contributed by atoms with Crippen molar-refractivity contribution in [3.63, 3.8) is 0 Å². The number of carbonyl (C=O) groups is 3. The first-order valence-electron chi connectivity index (χ1n) is 12.6. The van der Waals surface area contributed by atoms with Crippen molar-refractivity contribution in [1.82, 2.24) is 10.6 Å². The van der Waals surface area contributed by atoms with Gasteiger partial charge in [0.25, 0.3) is 0 Å². The minimum Gasteiger partial charge on any atom is -0.480 e. The number of fused-ring (bicyclic) bond motifs is 3. The predicted octanol–water partition coefficient (Wildman–Crippen LogP) is 4.85. The fraction of sp³-hybridized carbons (Fsp3) is 0.464. The second kappa shape index (κ2) is 10.9. The molecular formula is C28H34N2O5. The van der Waals surface area contributed by atoms with Crippen molar-refractivity contribution in [2.24, 2.45) is 5.92 Å². The molecule has 1 saturated carbocycles. The fourth-order valence-electron chi connectivity index (χ4n) is 5.29. The van der Waals surface area contributed by atoms with Crippen LogP contribution < -0.4 is 10.6 Å². The molecule has 0 aliphatic heterocycles. The number of carbonyl (C=O) groups excluding carboxylic acids is 2. The van der Waals surface area contributed by atoms with Crippen molar-refractivity contribution in [2.75, 3.05) is 13.2 Å². The maximum atomic E-state index is 12.6. The van der Waals surface area contributed by atoms with Gasteiger partial charge in [-0.2, -0.15) is 0 Å². The molecule has 0 aromatic heterocycles. The van der Waals surface area contributed by atoms with Crippen molar-refractivity contribution in [3.8, 4) is 11.1 Å². The Labute approximate surface area is 206 Å². The number of carboxylic acid groups (broad SMARTS) is 1. The predicted molar refractivity (Wildman–Crippen MR) is 133 cm³/mol. The zero-order valence-electron chi connectivity index (χ0n) is 20.2. The molecule has 2 amide bonds. The van der Waals surface area contributed by atoms with Crippen LogP contribution in [-0.2, 0) is 14.3 Å². The van der Waals surface area contributed by atoms with E-state index in [2.05, 4.69) is 34.9 Å². The Balaban J connectivity index is 1.20. The van der Waals surface area contributed by atoms with Gasteiger partial charge in [-0.3, -0.25) is 4.79 Å². The first-order valence-corrected chi connectivity index (χ1v) is 12.6.